The lowest BCUT2D eigenvalue weighted by Gasteiger charge is -2.22. The number of aromatic nitrogens is 1. The zero-order chi connectivity index (χ0) is 23.3. The number of fused-ring (bicyclic) bond motifs is 1. The Labute approximate surface area is 197 Å². The van der Waals surface area contributed by atoms with E-state index in [0.717, 1.165) is 53.1 Å². The molecule has 1 amide bonds. The largest absolute Gasteiger partial charge is 0.350 e. The maximum Gasteiger partial charge on any atom is 0.275 e. The Kier molecular flexibility index (Phi) is 6.42. The second kappa shape index (κ2) is 9.95. The lowest BCUT2D eigenvalue weighted by Crippen LogP contribution is -2.33. The fourth-order valence-corrected chi connectivity index (χ4v) is 4.08. The summed E-state index contributed by atoms with van der Waals surface area (Å²) in [5.41, 5.74) is 8.06. The Morgan fingerprint density at radius 2 is 1.65 bits per heavy atom. The van der Waals surface area contributed by atoms with Crippen LogP contribution in [0.25, 0.3) is 33.3 Å². The third-order valence-corrected chi connectivity index (χ3v) is 5.94. The number of aldehydes is 1. The number of amides is 1. The van der Waals surface area contributed by atoms with Crippen molar-refractivity contribution in [3.63, 3.8) is 0 Å². The van der Waals surface area contributed by atoms with Gasteiger partial charge in [0.2, 0.25) is 0 Å². The van der Waals surface area contributed by atoms with E-state index in [4.69, 9.17) is 14.6 Å². The number of rotatable bonds is 6. The maximum atomic E-state index is 13.0. The number of nitrogens with zero attached hydrogens (tertiary/aromatic N) is 1. The third kappa shape index (κ3) is 4.73. The van der Waals surface area contributed by atoms with Gasteiger partial charge in [0.1, 0.15) is 6.29 Å². The molecule has 1 unspecified atom stereocenters. The van der Waals surface area contributed by atoms with Gasteiger partial charge in [0.05, 0.1) is 16.8 Å². The summed E-state index contributed by atoms with van der Waals surface area (Å²) in [7, 11) is 0. The zero-order valence-electron chi connectivity index (χ0n) is 18.6. The minimum absolute atomic E-state index is 0.332. The molecule has 0 radical (unpaired) electrons. The fraction of sp³-hybridized carbons (Fsp3) is 0.179. The number of carbonyl (C=O) groups is 2. The molecule has 1 fully saturated rings. The van der Waals surface area contributed by atoms with Crippen LogP contribution in [0.2, 0.25) is 0 Å². The molecule has 0 spiro atoms. The first kappa shape index (κ1) is 21.9. The van der Waals surface area contributed by atoms with Crippen LogP contribution in [0.5, 0.6) is 0 Å². The third-order valence-electron chi connectivity index (χ3n) is 5.94. The monoisotopic (exact) mass is 452 g/mol. The summed E-state index contributed by atoms with van der Waals surface area (Å²) >= 11 is 0. The lowest BCUT2D eigenvalue weighted by atomic mass is 10.00. The maximum absolute atomic E-state index is 13.0. The molecule has 1 N–H and O–H groups in total. The topological polar surface area (TPSA) is 77.5 Å². The molecule has 4 aromatic rings. The number of benzene rings is 3. The molecule has 1 aromatic heterocycles. The van der Waals surface area contributed by atoms with Crippen molar-refractivity contribution in [2.45, 2.75) is 25.6 Å². The zero-order valence-corrected chi connectivity index (χ0v) is 18.6. The van der Waals surface area contributed by atoms with Gasteiger partial charge >= 0.3 is 0 Å². The van der Waals surface area contributed by atoms with E-state index >= 15 is 0 Å². The first-order valence-corrected chi connectivity index (χ1v) is 11.3. The van der Waals surface area contributed by atoms with Gasteiger partial charge in [-0.15, -0.1) is 0 Å². The van der Waals surface area contributed by atoms with Crippen molar-refractivity contribution in [3.05, 3.63) is 90.0 Å². The highest BCUT2D eigenvalue weighted by Crippen LogP contribution is 2.28. The molecule has 0 bridgehead atoms. The van der Waals surface area contributed by atoms with E-state index in [2.05, 4.69) is 5.48 Å². The van der Waals surface area contributed by atoms with E-state index in [1.54, 1.807) is 18.2 Å². The van der Waals surface area contributed by atoms with E-state index in [1.807, 2.05) is 60.7 Å². The summed E-state index contributed by atoms with van der Waals surface area (Å²) in [6.45, 7) is 0.639. The normalized spacial score (nSPS) is 15.7. The Bertz CT molecular complexity index is 1310. The number of ether oxygens (including phenoxy) is 1. The smallest absolute Gasteiger partial charge is 0.275 e. The second-order valence-electron chi connectivity index (χ2n) is 8.23. The molecule has 2 heterocycles. The number of pyridine rings is 1. The van der Waals surface area contributed by atoms with Crippen molar-refractivity contribution >= 4 is 23.1 Å². The number of carbonyl (C=O) groups excluding carboxylic acids is 2. The van der Waals surface area contributed by atoms with Crippen LogP contribution in [-0.4, -0.2) is 30.1 Å². The van der Waals surface area contributed by atoms with E-state index in [0.29, 0.717) is 23.4 Å². The van der Waals surface area contributed by atoms with Crippen molar-refractivity contribution in [3.8, 4) is 22.4 Å². The highest BCUT2D eigenvalue weighted by atomic mass is 16.8. The minimum Gasteiger partial charge on any atom is -0.350 e. The number of hydroxylamine groups is 1. The fourth-order valence-electron chi connectivity index (χ4n) is 4.08. The van der Waals surface area contributed by atoms with Crippen LogP contribution >= 0.6 is 0 Å². The van der Waals surface area contributed by atoms with Crippen LogP contribution in [0, 0.1) is 0 Å². The van der Waals surface area contributed by atoms with Gasteiger partial charge in [-0.2, -0.15) is 0 Å². The van der Waals surface area contributed by atoms with E-state index in [9.17, 15) is 9.59 Å². The number of nitrogens with one attached hydrogen (secondary N) is 1. The molecule has 170 valence electrons. The van der Waals surface area contributed by atoms with Gasteiger partial charge in [-0.1, -0.05) is 66.7 Å². The molecule has 3 aromatic carbocycles. The van der Waals surface area contributed by atoms with E-state index < -0.39 is 6.29 Å². The first-order valence-electron chi connectivity index (χ1n) is 11.3. The predicted octanol–water partition coefficient (Wildman–Crippen LogP) is 5.57. The summed E-state index contributed by atoms with van der Waals surface area (Å²) in [5, 5.41) is 0.754. The Morgan fingerprint density at radius 3 is 2.35 bits per heavy atom. The van der Waals surface area contributed by atoms with Crippen LogP contribution in [0.4, 0.5) is 0 Å². The van der Waals surface area contributed by atoms with E-state index in [1.165, 1.54) is 0 Å². The average molecular weight is 453 g/mol. The summed E-state index contributed by atoms with van der Waals surface area (Å²) in [4.78, 5) is 34.2. The van der Waals surface area contributed by atoms with E-state index in [-0.39, 0.29) is 5.91 Å². The van der Waals surface area contributed by atoms with Gasteiger partial charge in [0, 0.05) is 29.5 Å². The van der Waals surface area contributed by atoms with Gasteiger partial charge < -0.3 is 4.74 Å². The van der Waals surface area contributed by atoms with Crippen molar-refractivity contribution < 1.29 is 19.2 Å². The van der Waals surface area contributed by atoms with Gasteiger partial charge in [-0.25, -0.2) is 15.3 Å². The second-order valence-corrected chi connectivity index (χ2v) is 8.23. The quantitative estimate of drug-likeness (QED) is 0.306. The van der Waals surface area contributed by atoms with Crippen LogP contribution in [0.3, 0.4) is 0 Å². The number of para-hydroxylation sites is 1. The minimum atomic E-state index is -0.418. The highest BCUT2D eigenvalue weighted by molar-refractivity contribution is 6.06. The molecule has 0 aliphatic carbocycles. The van der Waals surface area contributed by atoms with Crippen molar-refractivity contribution in [1.29, 1.82) is 0 Å². The molecule has 1 atom stereocenters. The van der Waals surface area contributed by atoms with Crippen LogP contribution < -0.4 is 5.48 Å². The molecule has 6 nitrogen and oxygen atoms in total. The van der Waals surface area contributed by atoms with Crippen LogP contribution in [0.1, 0.15) is 40.0 Å². The summed E-state index contributed by atoms with van der Waals surface area (Å²) in [5.74, 6) is -0.332. The molecule has 6 heteroatoms. The molecule has 1 aliphatic rings. The van der Waals surface area contributed by atoms with Crippen molar-refractivity contribution in [2.75, 3.05) is 6.61 Å². The SMILES string of the molecule is O=Cc1ccc(-c2ccc(-c3cc(C(=O)NOC4CCCCO4)c4ccccc4n3)cc2)cc1. The van der Waals surface area contributed by atoms with Gasteiger partial charge in [-0.3, -0.25) is 9.59 Å². The summed E-state index contributed by atoms with van der Waals surface area (Å²) < 4.78 is 5.54. The molecule has 34 heavy (non-hydrogen) atoms. The number of hydrogen-bond donors (Lipinski definition) is 1. The summed E-state index contributed by atoms with van der Waals surface area (Å²) in [6, 6.07) is 24.8. The van der Waals surface area contributed by atoms with Crippen LogP contribution in [0.15, 0.2) is 78.9 Å². The molecular formula is C28H24N2O4. The molecular weight excluding hydrogens is 428 g/mol. The van der Waals surface area contributed by atoms with Gasteiger partial charge in [-0.05, 0) is 36.1 Å². The molecule has 0 saturated carbocycles. The van der Waals surface area contributed by atoms with Crippen molar-refractivity contribution in [1.82, 2.24) is 10.5 Å². The Hall–Kier alpha value is -3.87. The number of hydrogen-bond acceptors (Lipinski definition) is 5. The Balaban J connectivity index is 1.42. The predicted molar refractivity (Wildman–Crippen MR) is 130 cm³/mol. The van der Waals surface area contributed by atoms with Gasteiger partial charge in [0.15, 0.2) is 6.29 Å². The Morgan fingerprint density at radius 1 is 0.941 bits per heavy atom. The van der Waals surface area contributed by atoms with Crippen LogP contribution in [-0.2, 0) is 9.57 Å². The van der Waals surface area contributed by atoms with Gasteiger partial charge in [0.25, 0.3) is 5.91 Å². The van der Waals surface area contributed by atoms with Crippen molar-refractivity contribution in [2.24, 2.45) is 0 Å². The highest BCUT2D eigenvalue weighted by Gasteiger charge is 2.18. The average Bonchev–Trinajstić information content (AvgIpc) is 2.92. The lowest BCUT2D eigenvalue weighted by molar-refractivity contribution is -0.186. The molecule has 1 aliphatic heterocycles. The standard InChI is InChI=1S/C28H24N2O4/c31-18-19-8-10-20(11-9-19)21-12-14-22(15-13-21)26-17-24(23-5-1-2-6-25(23)29-26)28(32)30-34-27-7-3-4-16-33-27/h1-2,5-6,8-15,17-18,27H,3-4,7,16H2,(H,30,32). The summed E-state index contributed by atoms with van der Waals surface area (Å²) in [6.07, 6.45) is 3.19. The first-order chi connectivity index (χ1) is 16.7. The molecule has 5 rings (SSSR count). The molecule has 1 saturated heterocycles.